The lowest BCUT2D eigenvalue weighted by atomic mass is 9.97. The summed E-state index contributed by atoms with van der Waals surface area (Å²) < 4.78 is 33.3. The first kappa shape index (κ1) is 21.8. The third-order valence-corrected chi connectivity index (χ3v) is 7.65. The first-order valence-electron chi connectivity index (χ1n) is 10.7. The molecular formula is C22H32N2O4S. The van der Waals surface area contributed by atoms with Crippen molar-refractivity contribution < 1.29 is 17.9 Å². The molecule has 1 aliphatic heterocycles. The van der Waals surface area contributed by atoms with E-state index in [1.54, 1.807) is 12.1 Å². The van der Waals surface area contributed by atoms with Gasteiger partial charge in [0.15, 0.2) is 0 Å². The average molecular weight is 421 g/mol. The van der Waals surface area contributed by atoms with Crippen LogP contribution in [-0.2, 0) is 10.0 Å². The summed E-state index contributed by atoms with van der Waals surface area (Å²) in [6.07, 6.45) is 11.6. The molecule has 1 N–H and O–H groups in total. The first-order valence-corrected chi connectivity index (χ1v) is 12.1. The number of hydrogen-bond acceptors (Lipinski definition) is 4. The zero-order valence-electron chi connectivity index (χ0n) is 17.3. The van der Waals surface area contributed by atoms with Gasteiger partial charge in [0, 0.05) is 25.2 Å². The Kier molecular flexibility index (Phi) is 7.72. The quantitative estimate of drug-likeness (QED) is 0.679. The van der Waals surface area contributed by atoms with E-state index >= 15 is 0 Å². The average Bonchev–Trinajstić information content (AvgIpc) is 3.04. The van der Waals surface area contributed by atoms with E-state index in [1.165, 1.54) is 35.9 Å². The molecule has 1 saturated heterocycles. The number of methoxy groups -OCH3 is 1. The van der Waals surface area contributed by atoms with Gasteiger partial charge in [-0.05, 0) is 63.1 Å². The summed E-state index contributed by atoms with van der Waals surface area (Å²) in [6, 6.07) is 4.65. The molecule has 0 radical (unpaired) electrons. The van der Waals surface area contributed by atoms with E-state index in [0.717, 1.165) is 44.9 Å². The maximum absolute atomic E-state index is 13.2. The van der Waals surface area contributed by atoms with Gasteiger partial charge in [0.1, 0.15) is 10.6 Å². The lowest BCUT2D eigenvalue weighted by molar-refractivity contribution is 0.0953. The minimum absolute atomic E-state index is 0.0736. The summed E-state index contributed by atoms with van der Waals surface area (Å²) in [5, 5.41) is 2.92. The van der Waals surface area contributed by atoms with Gasteiger partial charge < -0.3 is 10.1 Å². The fourth-order valence-corrected chi connectivity index (χ4v) is 5.71. The molecular weight excluding hydrogens is 388 g/mol. The predicted octanol–water partition coefficient (Wildman–Crippen LogP) is 3.88. The molecule has 1 aromatic rings. The van der Waals surface area contributed by atoms with E-state index in [2.05, 4.69) is 11.4 Å². The number of hydrogen-bond donors (Lipinski definition) is 1. The van der Waals surface area contributed by atoms with Crippen LogP contribution in [0.1, 0.15) is 68.1 Å². The highest BCUT2D eigenvalue weighted by Gasteiger charge is 2.29. The number of sulfonamides is 1. The molecule has 1 aliphatic carbocycles. The lowest BCUT2D eigenvalue weighted by Gasteiger charge is -2.21. The van der Waals surface area contributed by atoms with Gasteiger partial charge in [-0.2, -0.15) is 4.31 Å². The maximum atomic E-state index is 13.2. The van der Waals surface area contributed by atoms with E-state index < -0.39 is 10.0 Å². The highest BCUT2D eigenvalue weighted by molar-refractivity contribution is 7.89. The van der Waals surface area contributed by atoms with Gasteiger partial charge in [-0.3, -0.25) is 4.79 Å². The van der Waals surface area contributed by atoms with Crippen LogP contribution in [0, 0.1) is 0 Å². The molecule has 160 valence electrons. The topological polar surface area (TPSA) is 75.7 Å². The number of rotatable bonds is 7. The third-order valence-electron chi connectivity index (χ3n) is 5.73. The van der Waals surface area contributed by atoms with Crippen molar-refractivity contribution >= 4 is 15.9 Å². The summed E-state index contributed by atoms with van der Waals surface area (Å²) in [5.74, 6) is 0.0227. The second kappa shape index (κ2) is 10.3. The Bertz CT molecular complexity index is 840. The van der Waals surface area contributed by atoms with Crippen LogP contribution in [0.2, 0.25) is 0 Å². The van der Waals surface area contributed by atoms with Crippen molar-refractivity contribution in [1.29, 1.82) is 0 Å². The second-order valence-electron chi connectivity index (χ2n) is 7.80. The summed E-state index contributed by atoms with van der Waals surface area (Å²) >= 11 is 0. The van der Waals surface area contributed by atoms with Crippen molar-refractivity contribution in [3.63, 3.8) is 0 Å². The summed E-state index contributed by atoms with van der Waals surface area (Å²) in [6.45, 7) is 1.58. The van der Waals surface area contributed by atoms with Crippen molar-refractivity contribution in [2.24, 2.45) is 0 Å². The Morgan fingerprint density at radius 2 is 1.86 bits per heavy atom. The normalized spacial score (nSPS) is 18.6. The smallest absolute Gasteiger partial charge is 0.251 e. The van der Waals surface area contributed by atoms with Crippen molar-refractivity contribution in [3.05, 3.63) is 35.4 Å². The molecule has 0 unspecified atom stereocenters. The van der Waals surface area contributed by atoms with Crippen molar-refractivity contribution in [2.45, 2.75) is 62.7 Å². The number of ether oxygens (including phenoxy) is 1. The fraction of sp³-hybridized carbons (Fsp3) is 0.591. The summed E-state index contributed by atoms with van der Waals surface area (Å²) in [4.78, 5) is 12.7. The van der Waals surface area contributed by atoms with Crippen molar-refractivity contribution in [2.75, 3.05) is 26.7 Å². The van der Waals surface area contributed by atoms with Crippen molar-refractivity contribution in [1.82, 2.24) is 9.62 Å². The number of amides is 1. The van der Waals surface area contributed by atoms with Crippen LogP contribution in [0.5, 0.6) is 5.75 Å². The molecule has 1 aromatic carbocycles. The maximum Gasteiger partial charge on any atom is 0.251 e. The van der Waals surface area contributed by atoms with Crippen LogP contribution in [0.25, 0.3) is 0 Å². The summed E-state index contributed by atoms with van der Waals surface area (Å²) in [5.41, 5.74) is 1.74. The fourth-order valence-electron chi connectivity index (χ4n) is 4.01. The Morgan fingerprint density at radius 1 is 1.10 bits per heavy atom. The van der Waals surface area contributed by atoms with Gasteiger partial charge in [-0.25, -0.2) is 8.42 Å². The standard InChI is InChI=1S/C22H32N2O4S/c1-28-20-12-11-19(22(25)23-14-13-18-9-5-4-6-10-18)17-21(20)29(26,27)24-15-7-2-3-8-16-24/h9,11-12,17H,2-8,10,13-16H2,1H3,(H,23,25). The Morgan fingerprint density at radius 3 is 2.52 bits per heavy atom. The minimum atomic E-state index is -3.70. The Labute approximate surface area is 174 Å². The molecule has 1 amide bonds. The van der Waals surface area contributed by atoms with Crippen LogP contribution in [0.4, 0.5) is 0 Å². The van der Waals surface area contributed by atoms with E-state index in [0.29, 0.717) is 25.2 Å². The highest BCUT2D eigenvalue weighted by atomic mass is 32.2. The van der Waals surface area contributed by atoms with Crippen LogP contribution in [0.3, 0.4) is 0 Å². The molecule has 6 nitrogen and oxygen atoms in total. The van der Waals surface area contributed by atoms with Crippen LogP contribution in [-0.4, -0.2) is 45.4 Å². The number of allylic oxidation sites excluding steroid dienone is 1. The molecule has 1 fully saturated rings. The minimum Gasteiger partial charge on any atom is -0.495 e. The van der Waals surface area contributed by atoms with Gasteiger partial charge in [-0.1, -0.05) is 24.5 Å². The monoisotopic (exact) mass is 420 g/mol. The van der Waals surface area contributed by atoms with Gasteiger partial charge in [-0.15, -0.1) is 0 Å². The first-order chi connectivity index (χ1) is 14.0. The molecule has 1 heterocycles. The van der Waals surface area contributed by atoms with E-state index in [1.807, 2.05) is 0 Å². The largest absolute Gasteiger partial charge is 0.495 e. The molecule has 0 saturated carbocycles. The number of carbonyl (C=O) groups is 1. The van der Waals surface area contributed by atoms with Gasteiger partial charge in [0.2, 0.25) is 10.0 Å². The third kappa shape index (κ3) is 5.60. The molecule has 0 atom stereocenters. The second-order valence-corrected chi connectivity index (χ2v) is 9.70. The molecule has 3 rings (SSSR count). The zero-order valence-corrected chi connectivity index (χ0v) is 18.1. The van der Waals surface area contributed by atoms with Crippen LogP contribution >= 0.6 is 0 Å². The van der Waals surface area contributed by atoms with Crippen LogP contribution < -0.4 is 10.1 Å². The molecule has 0 bridgehead atoms. The SMILES string of the molecule is COc1ccc(C(=O)NCCC2=CCCCC2)cc1S(=O)(=O)N1CCCCCC1. The Hall–Kier alpha value is -1.86. The Balaban J connectivity index is 1.73. The number of nitrogens with one attached hydrogen (secondary N) is 1. The highest BCUT2D eigenvalue weighted by Crippen LogP contribution is 2.29. The van der Waals surface area contributed by atoms with E-state index in [9.17, 15) is 13.2 Å². The predicted molar refractivity (Wildman–Crippen MR) is 114 cm³/mol. The van der Waals surface area contributed by atoms with Crippen LogP contribution in [0.15, 0.2) is 34.7 Å². The van der Waals surface area contributed by atoms with Gasteiger partial charge >= 0.3 is 0 Å². The molecule has 29 heavy (non-hydrogen) atoms. The van der Waals surface area contributed by atoms with Crippen molar-refractivity contribution in [3.8, 4) is 5.75 Å². The zero-order chi connectivity index (χ0) is 20.7. The van der Waals surface area contributed by atoms with E-state index in [4.69, 9.17) is 4.74 Å². The van der Waals surface area contributed by atoms with Gasteiger partial charge in [0.25, 0.3) is 5.91 Å². The van der Waals surface area contributed by atoms with E-state index in [-0.39, 0.29) is 16.6 Å². The number of nitrogens with zero attached hydrogens (tertiary/aromatic N) is 1. The van der Waals surface area contributed by atoms with Gasteiger partial charge in [0.05, 0.1) is 7.11 Å². The molecule has 2 aliphatic rings. The lowest BCUT2D eigenvalue weighted by Crippen LogP contribution is -2.32. The number of benzene rings is 1. The summed E-state index contributed by atoms with van der Waals surface area (Å²) in [7, 11) is -2.25. The number of carbonyl (C=O) groups excluding carboxylic acids is 1. The molecule has 0 aromatic heterocycles. The molecule has 7 heteroatoms. The molecule has 0 spiro atoms.